The van der Waals surface area contributed by atoms with Crippen molar-refractivity contribution in [2.24, 2.45) is 0 Å². The fraction of sp³-hybridized carbons (Fsp3) is 0.389. The van der Waals surface area contributed by atoms with E-state index in [0.29, 0.717) is 12.5 Å². The highest BCUT2D eigenvalue weighted by molar-refractivity contribution is 9.10. The van der Waals surface area contributed by atoms with Crippen LogP contribution in [0.2, 0.25) is 0 Å². The van der Waals surface area contributed by atoms with Crippen molar-refractivity contribution < 1.29 is 4.74 Å². The molecule has 1 fully saturated rings. The number of hydrogen-bond acceptors (Lipinski definition) is 3. The molecule has 1 saturated heterocycles. The minimum atomic E-state index is 0.559. The number of aryl methyl sites for hydroxylation is 1. The zero-order valence-corrected chi connectivity index (χ0v) is 15.3. The van der Waals surface area contributed by atoms with Crippen LogP contribution in [0, 0.1) is 6.92 Å². The number of pyridine rings is 1. The molecule has 2 aromatic rings. The van der Waals surface area contributed by atoms with Crippen LogP contribution in [-0.4, -0.2) is 30.9 Å². The Morgan fingerprint density at radius 2 is 2.04 bits per heavy atom. The topological polar surface area (TPSA) is 25.4 Å². The van der Waals surface area contributed by atoms with Gasteiger partial charge >= 0.3 is 0 Å². The van der Waals surface area contributed by atoms with Gasteiger partial charge in [-0.2, -0.15) is 0 Å². The van der Waals surface area contributed by atoms with Gasteiger partial charge in [-0.05, 0) is 62.2 Å². The molecule has 0 radical (unpaired) electrons. The maximum Gasteiger partial charge on any atom is 0.213 e. The average molecular weight is 373 g/mol. The van der Waals surface area contributed by atoms with Gasteiger partial charge in [0.05, 0.1) is 0 Å². The molecule has 0 aliphatic carbocycles. The molecular weight excluding hydrogens is 351 g/mol. The third-order valence-corrected chi connectivity index (χ3v) is 5.06. The molecule has 0 atom stereocenters. The Hall–Kier alpha value is -1.33. The van der Waals surface area contributed by atoms with Gasteiger partial charge in [-0.25, -0.2) is 4.98 Å². The first kappa shape index (κ1) is 16.5. The molecule has 1 aromatic heterocycles. The minimum Gasteiger partial charge on any atom is -0.473 e. The second kappa shape index (κ2) is 7.50. The van der Waals surface area contributed by atoms with Crippen molar-refractivity contribution in [1.29, 1.82) is 0 Å². The number of piperidine rings is 1. The molecule has 3 nitrogen and oxygen atoms in total. The van der Waals surface area contributed by atoms with Crippen molar-refractivity contribution in [2.75, 3.05) is 13.1 Å². The molecule has 1 aromatic carbocycles. The monoisotopic (exact) mass is 372 g/mol. The van der Waals surface area contributed by atoms with Gasteiger partial charge in [0.25, 0.3) is 0 Å². The van der Waals surface area contributed by atoms with Crippen molar-refractivity contribution in [2.45, 2.75) is 32.3 Å². The van der Waals surface area contributed by atoms with Gasteiger partial charge in [0.1, 0.15) is 6.61 Å². The van der Waals surface area contributed by atoms with Crippen molar-refractivity contribution >= 4 is 23.9 Å². The molecule has 0 bridgehead atoms. The molecule has 120 valence electrons. The first-order valence-corrected chi connectivity index (χ1v) is 8.94. The predicted octanol–water partition coefficient (Wildman–Crippen LogP) is 3.46. The van der Waals surface area contributed by atoms with Gasteiger partial charge in [-0.1, -0.05) is 28.1 Å². The van der Waals surface area contributed by atoms with Crippen LogP contribution in [0.4, 0.5) is 0 Å². The maximum absolute atomic E-state index is 5.93. The van der Waals surface area contributed by atoms with E-state index in [4.69, 9.17) is 9.72 Å². The first-order chi connectivity index (χ1) is 11.1. The first-order valence-electron chi connectivity index (χ1n) is 8.15. The van der Waals surface area contributed by atoms with Crippen molar-refractivity contribution in [3.05, 3.63) is 57.7 Å². The summed E-state index contributed by atoms with van der Waals surface area (Å²) in [5, 5.41) is 0. The Morgan fingerprint density at radius 3 is 2.78 bits per heavy atom. The number of rotatable bonds is 4. The largest absolute Gasteiger partial charge is 0.473 e. The summed E-state index contributed by atoms with van der Waals surface area (Å²) in [6.07, 6.45) is 2.36. The number of halogens is 1. The quantitative estimate of drug-likeness (QED) is 0.768. The Balaban J connectivity index is 1.65. The Morgan fingerprint density at radius 1 is 1.26 bits per heavy atom. The normalized spacial score (nSPS) is 16.4. The predicted molar refractivity (Wildman–Crippen MR) is 99.5 cm³/mol. The molecule has 1 aliphatic rings. The van der Waals surface area contributed by atoms with Gasteiger partial charge in [-0.3, -0.25) is 0 Å². The lowest BCUT2D eigenvalue weighted by Gasteiger charge is -2.29. The van der Waals surface area contributed by atoms with Crippen LogP contribution in [0.5, 0.6) is 5.88 Å². The summed E-state index contributed by atoms with van der Waals surface area (Å²) in [7, 11) is 2.18. The number of ether oxygens (including phenoxy) is 1. The molecule has 0 saturated carbocycles. The zero-order chi connectivity index (χ0) is 16.2. The molecule has 1 aliphatic heterocycles. The zero-order valence-electron chi connectivity index (χ0n) is 13.8. The Kier molecular flexibility index (Phi) is 5.39. The fourth-order valence-corrected chi connectivity index (χ4v) is 3.49. The van der Waals surface area contributed by atoms with E-state index in [9.17, 15) is 0 Å². The number of benzene rings is 1. The Labute approximate surface area is 147 Å². The van der Waals surface area contributed by atoms with E-state index < -0.39 is 0 Å². The van der Waals surface area contributed by atoms with Crippen molar-refractivity contribution in [1.82, 2.24) is 9.79 Å². The lowest BCUT2D eigenvalue weighted by molar-refractivity contribution is 0.288. The van der Waals surface area contributed by atoms with E-state index in [0.717, 1.165) is 23.4 Å². The maximum atomic E-state index is 5.93. The van der Waals surface area contributed by atoms with Gasteiger partial charge < -0.3 is 9.55 Å². The number of hydrogen-bond donors (Lipinski definition) is 0. The molecule has 0 spiro atoms. The summed E-state index contributed by atoms with van der Waals surface area (Å²) >= 11 is 3.49. The van der Waals surface area contributed by atoms with Crippen molar-refractivity contribution in [3.63, 3.8) is 0 Å². The van der Waals surface area contributed by atoms with Crippen molar-refractivity contribution in [3.8, 4) is 5.88 Å². The third-order valence-electron chi connectivity index (χ3n) is 4.56. The van der Waals surface area contributed by atoms with E-state index in [1.54, 1.807) is 0 Å². The van der Waals surface area contributed by atoms with E-state index in [1.165, 1.54) is 29.7 Å². The van der Waals surface area contributed by atoms with Crippen LogP contribution in [0.15, 0.2) is 40.9 Å². The SMILES string of the molecule is BN1CCC(c2cccc(OCc3ccc(Br)cc3C)n2)CC1. The van der Waals surface area contributed by atoms with Gasteiger partial charge in [-0.15, -0.1) is 0 Å². The van der Waals surface area contributed by atoms with Crippen LogP contribution in [0.3, 0.4) is 0 Å². The summed E-state index contributed by atoms with van der Waals surface area (Å²) in [5.41, 5.74) is 3.59. The standard InChI is InChI=1S/C18H22BBrN2O/c1-13-11-16(20)6-5-15(13)12-23-18-4-2-3-17(21-18)14-7-9-22(19)10-8-14/h2-6,11,14H,7-10,12,19H2,1H3. The van der Waals surface area contributed by atoms with Crippen LogP contribution < -0.4 is 4.74 Å². The summed E-state index contributed by atoms with van der Waals surface area (Å²) < 4.78 is 7.03. The molecule has 0 N–H and O–H groups in total. The summed E-state index contributed by atoms with van der Waals surface area (Å²) in [5.74, 6) is 1.29. The smallest absolute Gasteiger partial charge is 0.213 e. The third kappa shape index (κ3) is 4.36. The number of nitrogens with zero attached hydrogens (tertiary/aromatic N) is 2. The van der Waals surface area contributed by atoms with Gasteiger partial charge in [0.2, 0.25) is 5.88 Å². The number of aromatic nitrogens is 1. The van der Waals surface area contributed by atoms with Gasteiger partial charge in [0, 0.05) is 22.2 Å². The van der Waals surface area contributed by atoms with Crippen LogP contribution in [0.1, 0.15) is 35.6 Å². The molecule has 5 heteroatoms. The summed E-state index contributed by atoms with van der Waals surface area (Å²) in [6, 6.07) is 12.4. The summed E-state index contributed by atoms with van der Waals surface area (Å²) in [6.45, 7) is 4.96. The molecule has 2 heterocycles. The highest BCUT2D eigenvalue weighted by Crippen LogP contribution is 2.27. The molecule has 3 rings (SSSR count). The van der Waals surface area contributed by atoms with Gasteiger partial charge in [0.15, 0.2) is 7.98 Å². The van der Waals surface area contributed by atoms with Crippen LogP contribution >= 0.6 is 15.9 Å². The van der Waals surface area contributed by atoms with Crippen LogP contribution in [-0.2, 0) is 6.61 Å². The highest BCUT2D eigenvalue weighted by Gasteiger charge is 2.19. The van der Waals surface area contributed by atoms with E-state index >= 15 is 0 Å². The molecule has 0 amide bonds. The van der Waals surface area contributed by atoms with E-state index in [-0.39, 0.29) is 0 Å². The lowest BCUT2D eigenvalue weighted by atomic mass is 9.92. The molecule has 0 unspecified atom stereocenters. The Bertz CT molecular complexity index is 672. The highest BCUT2D eigenvalue weighted by atomic mass is 79.9. The van der Waals surface area contributed by atoms with E-state index in [1.807, 2.05) is 12.1 Å². The van der Waals surface area contributed by atoms with E-state index in [2.05, 4.69) is 59.9 Å². The average Bonchev–Trinajstić information content (AvgIpc) is 2.55. The summed E-state index contributed by atoms with van der Waals surface area (Å²) in [4.78, 5) is 7.12. The fourth-order valence-electron chi connectivity index (χ4n) is 3.02. The second-order valence-corrected chi connectivity index (χ2v) is 7.25. The molecule has 23 heavy (non-hydrogen) atoms. The minimum absolute atomic E-state index is 0.559. The molecular formula is C18H22BBrN2O. The van der Waals surface area contributed by atoms with Crippen LogP contribution in [0.25, 0.3) is 0 Å². The lowest BCUT2D eigenvalue weighted by Crippen LogP contribution is -2.30. The second-order valence-electron chi connectivity index (χ2n) is 6.34.